The van der Waals surface area contributed by atoms with Gasteiger partial charge in [0.25, 0.3) is 5.69 Å². The Morgan fingerprint density at radius 3 is 2.62 bits per heavy atom. The van der Waals surface area contributed by atoms with Crippen molar-refractivity contribution in [3.05, 3.63) is 39.7 Å². The van der Waals surface area contributed by atoms with Crippen LogP contribution in [0.5, 0.6) is 0 Å². The first kappa shape index (κ1) is 15.3. The zero-order valence-electron chi connectivity index (χ0n) is 13.1. The summed E-state index contributed by atoms with van der Waals surface area (Å²) in [5, 5.41) is 20.7. The minimum absolute atomic E-state index is 0.0639. The van der Waals surface area contributed by atoms with Crippen molar-refractivity contribution >= 4 is 23.2 Å². The van der Waals surface area contributed by atoms with E-state index in [4.69, 9.17) is 0 Å². The number of carbonyl (C=O) groups excluding carboxylic acids is 1. The topological polar surface area (TPSA) is 90.9 Å². The van der Waals surface area contributed by atoms with E-state index in [0.717, 1.165) is 31.5 Å². The van der Waals surface area contributed by atoms with E-state index in [-0.39, 0.29) is 11.5 Å². The molecule has 124 valence electrons. The molecule has 24 heavy (non-hydrogen) atoms. The minimum atomic E-state index is -0.450. The van der Waals surface area contributed by atoms with E-state index in [1.54, 1.807) is 12.1 Å². The molecule has 2 aliphatic rings. The van der Waals surface area contributed by atoms with Gasteiger partial charge in [-0.2, -0.15) is 0 Å². The van der Waals surface area contributed by atoms with Crippen molar-refractivity contribution in [1.29, 1.82) is 0 Å². The number of rotatable bonds is 6. The molecule has 0 radical (unpaired) electrons. The van der Waals surface area contributed by atoms with Crippen LogP contribution in [0.3, 0.4) is 0 Å². The van der Waals surface area contributed by atoms with E-state index in [9.17, 15) is 14.9 Å². The number of nitrogens with zero attached hydrogens (tertiary/aromatic N) is 4. The van der Waals surface area contributed by atoms with Crippen LogP contribution >= 0.6 is 11.8 Å². The Morgan fingerprint density at radius 1 is 1.29 bits per heavy atom. The fourth-order valence-corrected chi connectivity index (χ4v) is 3.71. The summed E-state index contributed by atoms with van der Waals surface area (Å²) in [5.41, 5.74) is 0.277. The van der Waals surface area contributed by atoms with E-state index < -0.39 is 4.92 Å². The van der Waals surface area contributed by atoms with Crippen LogP contribution in [-0.4, -0.2) is 25.5 Å². The number of hydrogen-bond donors (Lipinski definition) is 0. The minimum Gasteiger partial charge on any atom is -0.302 e. The number of benzene rings is 1. The number of nitro benzene ring substituents is 1. The molecule has 0 N–H and O–H groups in total. The van der Waals surface area contributed by atoms with Crippen LogP contribution in [-0.2, 0) is 0 Å². The summed E-state index contributed by atoms with van der Waals surface area (Å²) >= 11 is 1.26. The number of Topliss-reactive ketones (excluding diaryl/α,β-unsaturated/α-hetero) is 1. The van der Waals surface area contributed by atoms with Crippen LogP contribution in [0.1, 0.15) is 60.7 Å². The molecule has 0 spiro atoms. The van der Waals surface area contributed by atoms with Crippen LogP contribution in [0, 0.1) is 10.1 Å². The third-order valence-electron chi connectivity index (χ3n) is 4.31. The second-order valence-electron chi connectivity index (χ2n) is 6.31. The second kappa shape index (κ2) is 5.70. The van der Waals surface area contributed by atoms with E-state index in [1.807, 2.05) is 0 Å². The lowest BCUT2D eigenvalue weighted by molar-refractivity contribution is -0.387. The number of nitro groups is 1. The van der Waals surface area contributed by atoms with Crippen molar-refractivity contribution in [2.24, 2.45) is 0 Å². The van der Waals surface area contributed by atoms with Crippen molar-refractivity contribution < 1.29 is 9.72 Å². The Labute approximate surface area is 142 Å². The Balaban J connectivity index is 1.70. The fraction of sp³-hybridized carbons (Fsp3) is 0.438. The molecule has 1 heterocycles. The lowest BCUT2D eigenvalue weighted by Gasteiger charge is -2.08. The lowest BCUT2D eigenvalue weighted by Crippen LogP contribution is -2.02. The third-order valence-corrected chi connectivity index (χ3v) is 5.33. The number of carbonyl (C=O) groups is 1. The van der Waals surface area contributed by atoms with E-state index in [1.165, 1.54) is 24.8 Å². The van der Waals surface area contributed by atoms with Gasteiger partial charge in [0.1, 0.15) is 5.82 Å². The number of ketones is 1. The summed E-state index contributed by atoms with van der Waals surface area (Å²) in [6.45, 7) is 1.40. The first-order chi connectivity index (χ1) is 11.5. The summed E-state index contributed by atoms with van der Waals surface area (Å²) in [6.07, 6.45) is 4.50. The molecular formula is C16H16N4O3S. The van der Waals surface area contributed by atoms with Gasteiger partial charge in [0, 0.05) is 23.6 Å². The largest absolute Gasteiger partial charge is 0.302 e. The summed E-state index contributed by atoms with van der Waals surface area (Å²) in [6, 6.07) is 5.01. The molecule has 2 saturated carbocycles. The molecule has 0 saturated heterocycles. The zero-order valence-corrected chi connectivity index (χ0v) is 14.0. The SMILES string of the molecule is CC(=O)c1ccc(Sc2nnc(C3CC3)n2C2CC2)c([N+](=O)[O-])c1. The summed E-state index contributed by atoms with van der Waals surface area (Å²) in [5.74, 6) is 1.32. The first-order valence-corrected chi connectivity index (χ1v) is 8.78. The van der Waals surface area contributed by atoms with Crippen molar-refractivity contribution in [2.45, 2.75) is 54.6 Å². The molecule has 1 aromatic carbocycles. The highest BCUT2D eigenvalue weighted by Gasteiger charge is 2.36. The zero-order chi connectivity index (χ0) is 16.8. The predicted molar refractivity (Wildman–Crippen MR) is 87.5 cm³/mol. The van der Waals surface area contributed by atoms with Gasteiger partial charge >= 0.3 is 0 Å². The van der Waals surface area contributed by atoms with Gasteiger partial charge in [-0.1, -0.05) is 0 Å². The first-order valence-electron chi connectivity index (χ1n) is 7.96. The summed E-state index contributed by atoms with van der Waals surface area (Å²) < 4.78 is 2.16. The van der Waals surface area contributed by atoms with Crippen LogP contribution < -0.4 is 0 Å². The fourth-order valence-electron chi connectivity index (χ4n) is 2.72. The number of hydrogen-bond acceptors (Lipinski definition) is 6. The average Bonchev–Trinajstić information content (AvgIpc) is 3.46. The normalized spacial score (nSPS) is 17.0. The molecule has 0 atom stereocenters. The van der Waals surface area contributed by atoms with Gasteiger partial charge in [-0.15, -0.1) is 10.2 Å². The monoisotopic (exact) mass is 344 g/mol. The maximum absolute atomic E-state index is 11.5. The molecule has 0 amide bonds. The molecule has 7 nitrogen and oxygen atoms in total. The van der Waals surface area contributed by atoms with Crippen LogP contribution in [0.25, 0.3) is 0 Å². The van der Waals surface area contributed by atoms with Gasteiger partial charge < -0.3 is 4.57 Å². The Morgan fingerprint density at radius 2 is 2.04 bits per heavy atom. The Bertz CT molecular complexity index is 840. The van der Waals surface area contributed by atoms with Crippen molar-refractivity contribution in [3.8, 4) is 0 Å². The average molecular weight is 344 g/mol. The van der Waals surface area contributed by atoms with Crippen molar-refractivity contribution in [1.82, 2.24) is 14.8 Å². The maximum Gasteiger partial charge on any atom is 0.284 e. The lowest BCUT2D eigenvalue weighted by atomic mass is 10.1. The molecule has 2 fully saturated rings. The second-order valence-corrected chi connectivity index (χ2v) is 7.32. The molecule has 2 aliphatic carbocycles. The maximum atomic E-state index is 11.5. The van der Waals surface area contributed by atoms with Gasteiger partial charge in [0.15, 0.2) is 10.9 Å². The molecule has 0 unspecified atom stereocenters. The highest BCUT2D eigenvalue weighted by atomic mass is 32.2. The summed E-state index contributed by atoms with van der Waals surface area (Å²) in [7, 11) is 0. The van der Waals surface area contributed by atoms with E-state index in [0.29, 0.717) is 27.6 Å². The molecule has 4 rings (SSSR count). The van der Waals surface area contributed by atoms with Crippen molar-refractivity contribution in [2.75, 3.05) is 0 Å². The third kappa shape index (κ3) is 2.82. The van der Waals surface area contributed by atoms with Gasteiger partial charge in [-0.3, -0.25) is 14.9 Å². The quantitative estimate of drug-likeness (QED) is 0.450. The highest BCUT2D eigenvalue weighted by Crippen LogP contribution is 2.47. The van der Waals surface area contributed by atoms with Gasteiger partial charge in [0.2, 0.25) is 0 Å². The molecule has 8 heteroatoms. The highest BCUT2D eigenvalue weighted by molar-refractivity contribution is 7.99. The Hall–Kier alpha value is -2.22. The smallest absolute Gasteiger partial charge is 0.284 e. The number of aromatic nitrogens is 3. The predicted octanol–water partition coefficient (Wildman–Crippen LogP) is 3.75. The standard InChI is InChI=1S/C16H16N4O3S/c1-9(21)11-4-7-14(13(8-11)20(22)23)24-16-18-17-15(10-2-3-10)19(16)12-5-6-12/h4,7-8,10,12H,2-3,5-6H2,1H3. The van der Waals surface area contributed by atoms with E-state index >= 15 is 0 Å². The molecule has 0 bridgehead atoms. The van der Waals surface area contributed by atoms with Crippen LogP contribution in [0.4, 0.5) is 5.69 Å². The molecule has 2 aromatic rings. The van der Waals surface area contributed by atoms with E-state index in [2.05, 4.69) is 14.8 Å². The Kier molecular flexibility index (Phi) is 3.64. The van der Waals surface area contributed by atoms with Gasteiger partial charge in [-0.05, 0) is 56.5 Å². The van der Waals surface area contributed by atoms with Crippen molar-refractivity contribution in [3.63, 3.8) is 0 Å². The molecule has 1 aromatic heterocycles. The van der Waals surface area contributed by atoms with Crippen LogP contribution in [0.15, 0.2) is 28.3 Å². The van der Waals surface area contributed by atoms with Gasteiger partial charge in [0.05, 0.1) is 9.82 Å². The molecular weight excluding hydrogens is 328 g/mol. The summed E-state index contributed by atoms with van der Waals surface area (Å²) in [4.78, 5) is 22.9. The van der Waals surface area contributed by atoms with Crippen LogP contribution in [0.2, 0.25) is 0 Å². The van der Waals surface area contributed by atoms with Gasteiger partial charge in [-0.25, -0.2) is 0 Å². The molecule has 0 aliphatic heterocycles.